The highest BCUT2D eigenvalue weighted by molar-refractivity contribution is 6.05. The van der Waals surface area contributed by atoms with Crippen LogP contribution in [0.4, 0.5) is 32.3 Å². The van der Waals surface area contributed by atoms with Crippen LogP contribution in [0.1, 0.15) is 63.8 Å². The number of nitro benzene ring substituents is 2. The molecule has 0 aromatic heterocycles. The molecule has 28 heteroatoms. The molecule has 0 heterocycles. The number of amides is 10. The van der Waals surface area contributed by atoms with E-state index in [0.29, 0.717) is 11.1 Å². The summed E-state index contributed by atoms with van der Waals surface area (Å²) in [5.41, 5.74) is 0.981. The van der Waals surface area contributed by atoms with E-state index in [-0.39, 0.29) is 47.0 Å². The number of anilines is 2. The van der Waals surface area contributed by atoms with Crippen LogP contribution in [0.3, 0.4) is 0 Å². The van der Waals surface area contributed by atoms with Crippen molar-refractivity contribution in [2.75, 3.05) is 36.8 Å². The number of nitrogens with one attached hydrogen (secondary N) is 10. The van der Waals surface area contributed by atoms with Gasteiger partial charge in [-0.15, -0.1) is 0 Å². The van der Waals surface area contributed by atoms with Gasteiger partial charge in [0.25, 0.3) is 23.2 Å². The minimum Gasteiger partial charge on any atom is -0.444 e. The van der Waals surface area contributed by atoms with E-state index in [9.17, 15) is 68.2 Å². The Balaban J connectivity index is 0.000000341. The molecule has 0 aliphatic heterocycles. The average Bonchev–Trinajstić information content (AvgIpc) is 1.13. The summed E-state index contributed by atoms with van der Waals surface area (Å²) in [6.07, 6.45) is 1.39. The van der Waals surface area contributed by atoms with Gasteiger partial charge in [0, 0.05) is 48.5 Å². The molecule has 492 valence electrons. The molecule has 0 aliphatic rings. The van der Waals surface area contributed by atoms with Gasteiger partial charge in [0.1, 0.15) is 47.8 Å². The van der Waals surface area contributed by atoms with Gasteiger partial charge in [-0.25, -0.2) is 9.59 Å². The molecule has 0 fully saturated rings. The lowest BCUT2D eigenvalue weighted by Gasteiger charge is -2.20. The van der Waals surface area contributed by atoms with E-state index in [2.05, 4.69) is 53.2 Å². The predicted molar refractivity (Wildman–Crippen MR) is 347 cm³/mol. The van der Waals surface area contributed by atoms with E-state index in [0.717, 1.165) is 11.1 Å². The average molecular weight is 1290 g/mol. The largest absolute Gasteiger partial charge is 0.444 e. The SMILES string of the molecule is CC(C)(C)OC(=O)NCC(=O)N/C(=C\c1ccccc1)C(=O)NCC(=O)N[C@@H](Cc1ccccc1)C(=O)Nc1ccc([N+](=O)[O-])cc1.CC(C)(C)OC(=O)NCC(=O)N/C(=C\c1ccccc1)C(=O)NCC(=O)N[C@@H](Cc1ccccc1)C(=O)Nc1ccc([N+](=O)[O-])cc1. The number of carbonyl (C=O) groups excluding carboxylic acids is 10. The Morgan fingerprint density at radius 2 is 0.713 bits per heavy atom. The summed E-state index contributed by atoms with van der Waals surface area (Å²) in [6.45, 7) is 7.95. The molecular formula is C66H72N12O16. The lowest BCUT2D eigenvalue weighted by atomic mass is 10.0. The molecule has 94 heavy (non-hydrogen) atoms. The fraction of sp³-hybridized carbons (Fsp3) is 0.242. The first kappa shape index (κ1) is 72.6. The number of nitrogens with zero attached hydrogens (tertiary/aromatic N) is 2. The minimum absolute atomic E-state index is 0.110. The Bertz CT molecular complexity index is 3450. The lowest BCUT2D eigenvalue weighted by molar-refractivity contribution is -0.385. The topological polar surface area (TPSA) is 396 Å². The third-order valence-corrected chi connectivity index (χ3v) is 12.2. The van der Waals surface area contributed by atoms with Gasteiger partial charge < -0.3 is 62.6 Å². The third kappa shape index (κ3) is 27.7. The molecule has 0 spiro atoms. The molecule has 6 aromatic carbocycles. The zero-order valence-corrected chi connectivity index (χ0v) is 52.1. The van der Waals surface area contributed by atoms with Crippen molar-refractivity contribution in [2.45, 2.75) is 77.7 Å². The second kappa shape index (κ2) is 35.9. The molecular weight excluding hydrogens is 1220 g/mol. The Morgan fingerprint density at radius 1 is 0.415 bits per heavy atom. The van der Waals surface area contributed by atoms with Gasteiger partial charge in [-0.3, -0.25) is 58.6 Å². The van der Waals surface area contributed by atoms with E-state index in [4.69, 9.17) is 9.47 Å². The van der Waals surface area contributed by atoms with E-state index in [1.54, 1.807) is 163 Å². The second-order valence-electron chi connectivity index (χ2n) is 22.3. The number of carbonyl (C=O) groups is 10. The van der Waals surface area contributed by atoms with E-state index < -0.39 is 119 Å². The number of rotatable bonds is 26. The van der Waals surface area contributed by atoms with Crippen LogP contribution >= 0.6 is 0 Å². The van der Waals surface area contributed by atoms with E-state index in [1.165, 1.54) is 60.7 Å². The maximum Gasteiger partial charge on any atom is 0.408 e. The van der Waals surface area contributed by atoms with Crippen molar-refractivity contribution in [1.82, 2.24) is 42.5 Å². The van der Waals surface area contributed by atoms with Gasteiger partial charge in [-0.1, -0.05) is 121 Å². The number of hydrogen-bond acceptors (Lipinski definition) is 16. The highest BCUT2D eigenvalue weighted by Crippen LogP contribution is 2.19. The molecule has 2 atom stereocenters. The van der Waals surface area contributed by atoms with Gasteiger partial charge in [0.05, 0.1) is 22.9 Å². The molecule has 0 aliphatic carbocycles. The standard InChI is InChI=1S/2C33H36N6O8/c2*1-33(2,3)47-32(44)35-21-29(41)37-26(18-22-10-6-4-7-11-22)30(42)34-20-28(40)38-27(19-23-12-8-5-9-13-23)31(43)36-24-14-16-25(17-15-24)39(45)46/h2*4-18,27H,19-21H2,1-3H3,(H,34,42)(H,35,44)(H,36,43)(H,37,41)(H,38,40)/b2*26-18-/t2*27-/m00/s1. The fourth-order valence-electron chi connectivity index (χ4n) is 7.98. The molecule has 0 unspecified atom stereocenters. The summed E-state index contributed by atoms with van der Waals surface area (Å²) in [5, 5.41) is 46.8. The molecule has 0 radical (unpaired) electrons. The number of hydrogen-bond donors (Lipinski definition) is 10. The molecule has 10 N–H and O–H groups in total. The summed E-state index contributed by atoms with van der Waals surface area (Å²) in [5.74, 6) is -5.61. The number of nitro groups is 2. The molecule has 10 amide bonds. The minimum atomic E-state index is -1.07. The van der Waals surface area contributed by atoms with Gasteiger partial charge in [0.2, 0.25) is 35.4 Å². The molecule has 0 saturated carbocycles. The Labute approximate surface area is 540 Å². The maximum absolute atomic E-state index is 13.2. The van der Waals surface area contributed by atoms with Crippen molar-refractivity contribution in [3.8, 4) is 0 Å². The summed E-state index contributed by atoms with van der Waals surface area (Å²) in [7, 11) is 0. The van der Waals surface area contributed by atoms with Gasteiger partial charge in [-0.2, -0.15) is 0 Å². The van der Waals surface area contributed by atoms with Crippen molar-refractivity contribution in [3.05, 3.63) is 224 Å². The normalized spacial score (nSPS) is 11.8. The summed E-state index contributed by atoms with van der Waals surface area (Å²) < 4.78 is 10.2. The number of non-ortho nitro benzene ring substituents is 2. The summed E-state index contributed by atoms with van der Waals surface area (Å²) in [4.78, 5) is 148. The predicted octanol–water partition coefficient (Wildman–Crippen LogP) is 6.12. The Morgan fingerprint density at radius 3 is 1.01 bits per heavy atom. The van der Waals surface area contributed by atoms with Crippen LogP contribution in [0, 0.1) is 20.2 Å². The van der Waals surface area contributed by atoms with E-state index >= 15 is 0 Å². The molecule has 28 nitrogen and oxygen atoms in total. The first-order valence-electron chi connectivity index (χ1n) is 29.0. The Hall–Kier alpha value is -12.1. The monoisotopic (exact) mass is 1290 g/mol. The number of benzene rings is 6. The highest BCUT2D eigenvalue weighted by atomic mass is 16.6. The highest BCUT2D eigenvalue weighted by Gasteiger charge is 2.26. The quantitative estimate of drug-likeness (QED) is 0.0166. The summed E-state index contributed by atoms with van der Waals surface area (Å²) >= 11 is 0. The summed E-state index contributed by atoms with van der Waals surface area (Å²) in [6, 6.07) is 43.4. The van der Waals surface area contributed by atoms with Crippen molar-refractivity contribution in [1.29, 1.82) is 0 Å². The molecule has 6 rings (SSSR count). The van der Waals surface area contributed by atoms with Crippen molar-refractivity contribution < 1.29 is 67.3 Å². The lowest BCUT2D eigenvalue weighted by Crippen LogP contribution is -2.49. The number of ether oxygens (including phenoxy) is 2. The van der Waals surface area contributed by atoms with Crippen LogP contribution in [-0.4, -0.2) is 119 Å². The van der Waals surface area contributed by atoms with Crippen molar-refractivity contribution in [3.63, 3.8) is 0 Å². The molecule has 0 bridgehead atoms. The van der Waals surface area contributed by atoms with Crippen molar-refractivity contribution in [2.24, 2.45) is 0 Å². The van der Waals surface area contributed by atoms with Crippen LogP contribution in [0.25, 0.3) is 12.2 Å². The molecule has 0 saturated heterocycles. The second-order valence-corrected chi connectivity index (χ2v) is 22.3. The van der Waals surface area contributed by atoms with Crippen LogP contribution < -0.4 is 53.2 Å². The van der Waals surface area contributed by atoms with Crippen LogP contribution in [0.2, 0.25) is 0 Å². The smallest absolute Gasteiger partial charge is 0.408 e. The van der Waals surface area contributed by atoms with Gasteiger partial charge >= 0.3 is 12.2 Å². The van der Waals surface area contributed by atoms with E-state index in [1.807, 2.05) is 0 Å². The van der Waals surface area contributed by atoms with Gasteiger partial charge in [-0.05, 0) is 100 Å². The zero-order valence-electron chi connectivity index (χ0n) is 52.1. The van der Waals surface area contributed by atoms with Crippen LogP contribution in [0.5, 0.6) is 0 Å². The fourth-order valence-corrected chi connectivity index (χ4v) is 7.98. The zero-order chi connectivity index (χ0) is 68.8. The van der Waals surface area contributed by atoms with Crippen molar-refractivity contribution >= 4 is 94.3 Å². The first-order valence-corrected chi connectivity index (χ1v) is 29.0. The van der Waals surface area contributed by atoms with Crippen LogP contribution in [0.15, 0.2) is 181 Å². The Kier molecular flexibility index (Phi) is 27.8. The first-order chi connectivity index (χ1) is 44.6. The number of alkyl carbamates (subject to hydrolysis) is 2. The third-order valence-electron chi connectivity index (χ3n) is 12.2. The molecule has 6 aromatic rings. The maximum atomic E-state index is 13.2. The van der Waals surface area contributed by atoms with Crippen LogP contribution in [-0.2, 0) is 60.7 Å². The van der Waals surface area contributed by atoms with Gasteiger partial charge in [0.15, 0.2) is 0 Å².